The maximum Gasteiger partial charge on any atom is 0.255 e. The van der Waals surface area contributed by atoms with Crippen molar-refractivity contribution in [3.8, 4) is 0 Å². The van der Waals surface area contributed by atoms with E-state index in [1.807, 2.05) is 26.0 Å². The lowest BCUT2D eigenvalue weighted by atomic mass is 9.99. The number of aliphatic imine (C=N–C) groups is 1. The van der Waals surface area contributed by atoms with E-state index in [-0.39, 0.29) is 79.9 Å². The fraction of sp³-hybridized carbons (Fsp3) is 0.390. The van der Waals surface area contributed by atoms with Gasteiger partial charge in [-0.1, -0.05) is 29.8 Å². The zero-order valence-corrected chi connectivity index (χ0v) is 34.5. The number of carbonyl (C=O) groups excluding carboxylic acids is 6. The summed E-state index contributed by atoms with van der Waals surface area (Å²) in [5.41, 5.74) is 7.63. The molecule has 1 unspecified atom stereocenters. The van der Waals surface area contributed by atoms with Crippen LogP contribution < -0.4 is 21.0 Å². The third-order valence-corrected chi connectivity index (χ3v) is 12.5. The van der Waals surface area contributed by atoms with Crippen molar-refractivity contribution in [1.82, 2.24) is 25.6 Å². The van der Waals surface area contributed by atoms with Gasteiger partial charge in [0.05, 0.1) is 12.1 Å². The lowest BCUT2D eigenvalue weighted by Gasteiger charge is -2.35. The Bertz CT molecular complexity index is 2300. The van der Waals surface area contributed by atoms with E-state index >= 15 is 0 Å². The molecule has 5 N–H and O–H groups in total. The minimum absolute atomic E-state index is 0.0300. The number of amidine groups is 2. The van der Waals surface area contributed by atoms with E-state index in [4.69, 9.17) is 27.4 Å². The molecule has 3 aromatic rings. The molecule has 2 fully saturated rings. The number of nitrogens with zero attached hydrogens (tertiary/aromatic N) is 5. The van der Waals surface area contributed by atoms with Gasteiger partial charge >= 0.3 is 0 Å². The van der Waals surface area contributed by atoms with Crippen molar-refractivity contribution < 1.29 is 28.8 Å². The molecule has 308 valence electrons. The van der Waals surface area contributed by atoms with E-state index in [0.29, 0.717) is 65.1 Å². The summed E-state index contributed by atoms with van der Waals surface area (Å²) in [7, 11) is 0. The third-order valence-electron chi connectivity index (χ3n) is 11.0. The van der Waals surface area contributed by atoms with E-state index in [0.717, 1.165) is 21.6 Å². The van der Waals surface area contributed by atoms with Crippen LogP contribution in [0.25, 0.3) is 0 Å². The number of anilines is 2. The number of thiophene rings is 1. The van der Waals surface area contributed by atoms with Crippen molar-refractivity contribution in [3.05, 3.63) is 80.2 Å². The van der Waals surface area contributed by atoms with Crippen LogP contribution in [0.4, 0.5) is 10.7 Å². The van der Waals surface area contributed by atoms with E-state index in [9.17, 15) is 28.8 Å². The molecule has 0 saturated carbocycles. The molecule has 59 heavy (non-hydrogen) atoms. The quantitative estimate of drug-likeness (QED) is 0.113. The Kier molecular flexibility index (Phi) is 12.1. The van der Waals surface area contributed by atoms with Crippen LogP contribution in [0.15, 0.2) is 47.5 Å². The number of aryl methyl sites for hydroxylation is 1. The van der Waals surface area contributed by atoms with Crippen molar-refractivity contribution in [2.45, 2.75) is 77.9 Å². The van der Waals surface area contributed by atoms with Crippen LogP contribution in [-0.4, -0.2) is 106 Å². The molecule has 2 saturated heterocycles. The number of carbonyl (C=O) groups is 6. The zero-order chi connectivity index (χ0) is 42.1. The topological polar surface area (TPSA) is 212 Å². The molecule has 2 aromatic carbocycles. The summed E-state index contributed by atoms with van der Waals surface area (Å²) in [4.78, 5) is 87.5. The first kappa shape index (κ1) is 41.4. The summed E-state index contributed by atoms with van der Waals surface area (Å²) in [5.74, 6) is -1.79. The van der Waals surface area contributed by atoms with Crippen LogP contribution in [-0.2, 0) is 30.5 Å². The molecule has 0 bridgehead atoms. The Morgan fingerprint density at radius 1 is 1.00 bits per heavy atom. The number of piperidine rings is 1. The first-order chi connectivity index (χ1) is 28.2. The van der Waals surface area contributed by atoms with E-state index < -0.39 is 18.0 Å². The zero-order valence-electron chi connectivity index (χ0n) is 32.9. The molecule has 4 aliphatic heterocycles. The summed E-state index contributed by atoms with van der Waals surface area (Å²) >= 11 is 7.69. The number of hydrogen-bond acceptors (Lipinski definition) is 11. The predicted molar refractivity (Wildman–Crippen MR) is 224 cm³/mol. The number of piperazine rings is 1. The summed E-state index contributed by atoms with van der Waals surface area (Å²) in [6.45, 7) is 7.25. The summed E-state index contributed by atoms with van der Waals surface area (Å²) in [5, 5.41) is 25.9. The first-order valence-electron chi connectivity index (χ1n) is 19.5. The molecule has 0 radical (unpaired) electrons. The molecule has 5 heterocycles. The number of imide groups is 1. The average Bonchev–Trinajstić information content (AvgIpc) is 3.64. The van der Waals surface area contributed by atoms with Gasteiger partial charge in [0.1, 0.15) is 28.8 Å². The first-order valence-corrected chi connectivity index (χ1v) is 20.7. The molecule has 1 aromatic heterocycles. The van der Waals surface area contributed by atoms with Crippen LogP contribution in [0, 0.1) is 24.7 Å². The summed E-state index contributed by atoms with van der Waals surface area (Å²) in [6.07, 6.45) is 0.790. The highest BCUT2D eigenvalue weighted by Gasteiger charge is 2.40. The Balaban J connectivity index is 0.899. The second kappa shape index (κ2) is 17.2. The number of nitrogens with one attached hydrogen (secondary N) is 5. The largest absolute Gasteiger partial charge is 0.340 e. The number of benzene rings is 2. The van der Waals surface area contributed by atoms with Gasteiger partial charge < -0.3 is 15.1 Å². The fourth-order valence-corrected chi connectivity index (χ4v) is 9.18. The van der Waals surface area contributed by atoms with Gasteiger partial charge in [-0.3, -0.25) is 60.2 Å². The predicted octanol–water partition coefficient (Wildman–Crippen LogP) is 4.15. The lowest BCUT2D eigenvalue weighted by molar-refractivity contribution is -0.137. The van der Waals surface area contributed by atoms with Crippen molar-refractivity contribution in [1.29, 1.82) is 10.8 Å². The van der Waals surface area contributed by atoms with Crippen molar-refractivity contribution in [3.63, 3.8) is 0 Å². The number of rotatable bonds is 10. The molecule has 4 aliphatic rings. The van der Waals surface area contributed by atoms with Gasteiger partial charge in [-0.15, -0.1) is 11.3 Å². The van der Waals surface area contributed by atoms with Gasteiger partial charge in [-0.25, -0.2) is 5.01 Å². The molecular weight excluding hydrogens is 796 g/mol. The van der Waals surface area contributed by atoms with Crippen LogP contribution in [0.3, 0.4) is 0 Å². The van der Waals surface area contributed by atoms with E-state index in [1.165, 1.54) is 16.2 Å². The standard InChI is InChI=1S/C41H45ClN10O6S/c1-22-23(2)59-41-36(22)37(25-10-12-26(42)13-11-25)46-30(38(44)52(41)24(3)43)20-34(55)48-50-18-16-49(17-19-50)35(56)9-5-8-32(53)45-29-7-4-6-27-28(29)21-51(40(27)58)31-14-15-33(54)47-39(31)57/h4,6-7,10-13,30-31,43-44H,5,8-9,14-21H2,1-3H3,(H,45,53)(H,48,55)(H,47,54,57)/t30-,31?/m0/s1. The van der Waals surface area contributed by atoms with Gasteiger partial charge in [-0.05, 0) is 63.4 Å². The van der Waals surface area contributed by atoms with Crippen LogP contribution >= 0.6 is 22.9 Å². The summed E-state index contributed by atoms with van der Waals surface area (Å²) in [6, 6.07) is 10.6. The van der Waals surface area contributed by atoms with Gasteiger partial charge in [0.2, 0.25) is 29.5 Å². The van der Waals surface area contributed by atoms with Crippen molar-refractivity contribution >= 4 is 86.5 Å². The van der Waals surface area contributed by atoms with E-state index in [2.05, 4.69) is 16.1 Å². The second-order valence-corrected chi connectivity index (χ2v) is 16.6. The molecule has 0 aliphatic carbocycles. The van der Waals surface area contributed by atoms with Crippen LogP contribution in [0.5, 0.6) is 0 Å². The highest BCUT2D eigenvalue weighted by molar-refractivity contribution is 7.17. The van der Waals surface area contributed by atoms with Crippen molar-refractivity contribution in [2.24, 2.45) is 4.99 Å². The number of hydrogen-bond donors (Lipinski definition) is 5. The Hall–Kier alpha value is -5.78. The Labute approximate surface area is 349 Å². The number of hydrazine groups is 1. The van der Waals surface area contributed by atoms with Gasteiger partial charge in [-0.2, -0.15) is 0 Å². The van der Waals surface area contributed by atoms with Crippen molar-refractivity contribution in [2.75, 3.05) is 36.4 Å². The molecule has 2 atom stereocenters. The maximum absolute atomic E-state index is 13.5. The average molecular weight is 841 g/mol. The molecule has 18 heteroatoms. The highest BCUT2D eigenvalue weighted by Crippen LogP contribution is 2.40. The normalized spacial score (nSPS) is 19.5. The minimum atomic E-state index is -0.877. The minimum Gasteiger partial charge on any atom is -0.340 e. The second-order valence-electron chi connectivity index (χ2n) is 15.0. The smallest absolute Gasteiger partial charge is 0.255 e. The van der Waals surface area contributed by atoms with Gasteiger partial charge in [0.15, 0.2) is 0 Å². The van der Waals surface area contributed by atoms with Crippen LogP contribution in [0.1, 0.15) is 82.9 Å². The fourth-order valence-electron chi connectivity index (χ4n) is 7.83. The van der Waals surface area contributed by atoms with E-state index in [1.54, 1.807) is 52.1 Å². The van der Waals surface area contributed by atoms with Gasteiger partial charge in [0, 0.05) is 89.8 Å². The number of halogens is 1. The molecule has 7 rings (SSSR count). The Morgan fingerprint density at radius 2 is 1.73 bits per heavy atom. The molecular formula is C41H45ClN10O6S. The number of amides is 6. The lowest BCUT2D eigenvalue weighted by Crippen LogP contribution is -2.55. The maximum atomic E-state index is 13.5. The molecule has 0 spiro atoms. The SMILES string of the molecule is CC(=N)N1C(=N)[C@H](CC(=O)NN2CCN(C(=O)CCCC(=O)Nc3cccc4c3CN(C3CCC(=O)NC3=O)C4=O)CC2)N=C(c2ccc(Cl)cc2)c2c1sc(C)c2C. The summed E-state index contributed by atoms with van der Waals surface area (Å²) < 4.78 is 0. The number of fused-ring (bicyclic) bond motifs is 2. The molecule has 16 nitrogen and oxygen atoms in total. The monoisotopic (exact) mass is 840 g/mol. The molecule has 6 amide bonds. The third kappa shape index (κ3) is 8.67. The highest BCUT2D eigenvalue weighted by atomic mass is 35.5. The Morgan fingerprint density at radius 3 is 2.42 bits per heavy atom. The van der Waals surface area contributed by atoms with Crippen LogP contribution in [0.2, 0.25) is 5.02 Å². The van der Waals surface area contributed by atoms with Gasteiger partial charge in [0.25, 0.3) is 5.91 Å².